The second-order valence-corrected chi connectivity index (χ2v) is 5.42. The minimum Gasteiger partial charge on any atom is -0.367 e. The third kappa shape index (κ3) is 3.04. The van der Waals surface area contributed by atoms with Gasteiger partial charge in [0.25, 0.3) is 5.56 Å². The Hall–Kier alpha value is -1.20. The van der Waals surface area contributed by atoms with Gasteiger partial charge in [-0.1, -0.05) is 13.3 Å². The summed E-state index contributed by atoms with van der Waals surface area (Å²) in [4.78, 5) is 19.1. The number of nitrogens with zero attached hydrogens (tertiary/aromatic N) is 1. The molecule has 0 radical (unpaired) electrons. The number of hydrogen-bond acceptors (Lipinski definition) is 4. The normalized spacial score (nSPS) is 27.4. The summed E-state index contributed by atoms with van der Waals surface area (Å²) in [5.41, 5.74) is 5.63. The summed E-state index contributed by atoms with van der Waals surface area (Å²) in [5, 5.41) is 0. The standard InChI is InChI=1S/C14H23N3O2/c1-3-19-14(6-4-5-10(2)8-14)13-16-11(9-15)7-12(18)17-13/h7,10H,3-6,8-9,15H2,1-2H3,(H,16,17,18). The smallest absolute Gasteiger partial charge is 0.251 e. The van der Waals surface area contributed by atoms with Crippen molar-refractivity contribution in [2.24, 2.45) is 11.7 Å². The molecule has 0 amide bonds. The molecule has 5 heteroatoms. The maximum atomic E-state index is 11.7. The van der Waals surface area contributed by atoms with Gasteiger partial charge in [0.2, 0.25) is 0 Å². The Labute approximate surface area is 113 Å². The lowest BCUT2D eigenvalue weighted by atomic mass is 9.78. The van der Waals surface area contributed by atoms with Crippen LogP contribution in [0.4, 0.5) is 0 Å². The number of nitrogens with one attached hydrogen (secondary N) is 1. The van der Waals surface area contributed by atoms with Crippen molar-refractivity contribution in [1.82, 2.24) is 9.97 Å². The van der Waals surface area contributed by atoms with Crippen LogP contribution in [-0.2, 0) is 16.9 Å². The van der Waals surface area contributed by atoms with E-state index >= 15 is 0 Å². The molecule has 1 saturated carbocycles. The first-order chi connectivity index (χ1) is 9.09. The highest BCUT2D eigenvalue weighted by Crippen LogP contribution is 2.41. The van der Waals surface area contributed by atoms with Gasteiger partial charge in [0, 0.05) is 19.2 Å². The number of nitrogens with two attached hydrogens (primary N) is 1. The third-order valence-electron chi connectivity index (χ3n) is 3.81. The summed E-state index contributed by atoms with van der Waals surface area (Å²) in [7, 11) is 0. The summed E-state index contributed by atoms with van der Waals surface area (Å²) in [6, 6.07) is 1.45. The first-order valence-electron chi connectivity index (χ1n) is 7.04. The van der Waals surface area contributed by atoms with Crippen LogP contribution in [0.2, 0.25) is 0 Å². The van der Waals surface area contributed by atoms with Crippen molar-refractivity contribution in [3.05, 3.63) is 27.9 Å². The summed E-state index contributed by atoms with van der Waals surface area (Å²) >= 11 is 0. The third-order valence-corrected chi connectivity index (χ3v) is 3.81. The number of H-pyrrole nitrogens is 1. The van der Waals surface area contributed by atoms with Crippen molar-refractivity contribution in [1.29, 1.82) is 0 Å². The Morgan fingerprint density at radius 2 is 2.42 bits per heavy atom. The average molecular weight is 265 g/mol. The van der Waals surface area contributed by atoms with Gasteiger partial charge >= 0.3 is 0 Å². The molecule has 2 atom stereocenters. The average Bonchev–Trinajstić information content (AvgIpc) is 2.38. The second-order valence-electron chi connectivity index (χ2n) is 5.42. The Morgan fingerprint density at radius 3 is 3.05 bits per heavy atom. The molecule has 2 unspecified atom stereocenters. The van der Waals surface area contributed by atoms with Crippen molar-refractivity contribution < 1.29 is 4.74 Å². The fourth-order valence-corrected chi connectivity index (χ4v) is 3.02. The largest absolute Gasteiger partial charge is 0.367 e. The van der Waals surface area contributed by atoms with Crippen LogP contribution in [0.25, 0.3) is 0 Å². The van der Waals surface area contributed by atoms with E-state index in [1.807, 2.05) is 6.92 Å². The number of ether oxygens (including phenoxy) is 1. The van der Waals surface area contributed by atoms with E-state index in [-0.39, 0.29) is 12.1 Å². The van der Waals surface area contributed by atoms with Gasteiger partial charge in [0.05, 0.1) is 5.69 Å². The molecule has 5 nitrogen and oxygen atoms in total. The molecule has 0 aliphatic heterocycles. The van der Waals surface area contributed by atoms with Crippen LogP contribution in [0.15, 0.2) is 10.9 Å². The van der Waals surface area contributed by atoms with Crippen LogP contribution in [-0.4, -0.2) is 16.6 Å². The van der Waals surface area contributed by atoms with Crippen molar-refractivity contribution in [2.45, 2.75) is 51.7 Å². The van der Waals surface area contributed by atoms with Crippen molar-refractivity contribution in [3.8, 4) is 0 Å². The summed E-state index contributed by atoms with van der Waals surface area (Å²) in [5.74, 6) is 1.22. The molecule has 1 fully saturated rings. The van der Waals surface area contributed by atoms with Gasteiger partial charge in [-0.25, -0.2) is 4.98 Å². The molecule has 0 saturated heterocycles. The second kappa shape index (κ2) is 5.84. The molecule has 19 heavy (non-hydrogen) atoms. The molecule has 106 valence electrons. The maximum Gasteiger partial charge on any atom is 0.251 e. The monoisotopic (exact) mass is 265 g/mol. The van der Waals surface area contributed by atoms with Gasteiger partial charge in [-0.3, -0.25) is 4.79 Å². The minimum absolute atomic E-state index is 0.150. The fourth-order valence-electron chi connectivity index (χ4n) is 3.02. The minimum atomic E-state index is -0.448. The predicted molar refractivity (Wildman–Crippen MR) is 73.7 cm³/mol. The molecule has 1 aromatic heterocycles. The van der Waals surface area contributed by atoms with E-state index in [9.17, 15) is 4.79 Å². The number of hydrogen-bond donors (Lipinski definition) is 2. The molecule has 0 spiro atoms. The van der Waals surface area contributed by atoms with E-state index in [4.69, 9.17) is 10.5 Å². The first kappa shape index (κ1) is 14.2. The van der Waals surface area contributed by atoms with Crippen LogP contribution in [0.5, 0.6) is 0 Å². The number of aromatic amines is 1. The highest BCUT2D eigenvalue weighted by molar-refractivity contribution is 5.10. The van der Waals surface area contributed by atoms with Crippen LogP contribution in [0.3, 0.4) is 0 Å². The first-order valence-corrected chi connectivity index (χ1v) is 7.04. The zero-order valence-electron chi connectivity index (χ0n) is 11.7. The molecule has 0 aromatic carbocycles. The van der Waals surface area contributed by atoms with E-state index in [0.717, 1.165) is 19.3 Å². The van der Waals surface area contributed by atoms with Crippen LogP contribution >= 0.6 is 0 Å². The topological polar surface area (TPSA) is 81.0 Å². The zero-order chi connectivity index (χ0) is 13.9. The molecular weight excluding hydrogens is 242 g/mol. The summed E-state index contributed by atoms with van der Waals surface area (Å²) < 4.78 is 6.01. The van der Waals surface area contributed by atoms with Gasteiger partial charge in [-0.05, 0) is 32.1 Å². The lowest BCUT2D eigenvalue weighted by molar-refractivity contribution is -0.0883. The van der Waals surface area contributed by atoms with E-state index in [0.29, 0.717) is 24.0 Å². The SMILES string of the molecule is CCOC1(c2nc(CN)cc(=O)[nH]2)CCCC(C)C1. The van der Waals surface area contributed by atoms with Gasteiger partial charge < -0.3 is 15.5 Å². The molecule has 2 rings (SSSR count). The molecular formula is C14H23N3O2. The Bertz CT molecular complexity index is 482. The highest BCUT2D eigenvalue weighted by Gasteiger charge is 2.39. The molecule has 1 aliphatic carbocycles. The van der Waals surface area contributed by atoms with Crippen molar-refractivity contribution >= 4 is 0 Å². The van der Waals surface area contributed by atoms with E-state index in [1.54, 1.807) is 0 Å². The van der Waals surface area contributed by atoms with E-state index in [2.05, 4.69) is 16.9 Å². The Morgan fingerprint density at radius 1 is 1.63 bits per heavy atom. The van der Waals surface area contributed by atoms with Crippen molar-refractivity contribution in [3.63, 3.8) is 0 Å². The van der Waals surface area contributed by atoms with E-state index in [1.165, 1.54) is 12.5 Å². The molecule has 0 bridgehead atoms. The summed E-state index contributed by atoms with van der Waals surface area (Å²) in [6.45, 7) is 5.09. The van der Waals surface area contributed by atoms with Gasteiger partial charge in [-0.2, -0.15) is 0 Å². The summed E-state index contributed by atoms with van der Waals surface area (Å²) in [6.07, 6.45) is 4.10. The van der Waals surface area contributed by atoms with Crippen LogP contribution in [0.1, 0.15) is 51.0 Å². The Kier molecular flexibility index (Phi) is 4.37. The zero-order valence-corrected chi connectivity index (χ0v) is 11.7. The van der Waals surface area contributed by atoms with Crippen molar-refractivity contribution in [2.75, 3.05) is 6.61 Å². The maximum absolute atomic E-state index is 11.7. The quantitative estimate of drug-likeness (QED) is 0.867. The fraction of sp³-hybridized carbons (Fsp3) is 0.714. The highest BCUT2D eigenvalue weighted by atomic mass is 16.5. The van der Waals surface area contributed by atoms with Crippen LogP contribution in [0, 0.1) is 5.92 Å². The van der Waals surface area contributed by atoms with Crippen LogP contribution < -0.4 is 11.3 Å². The van der Waals surface area contributed by atoms with Gasteiger partial charge in [-0.15, -0.1) is 0 Å². The van der Waals surface area contributed by atoms with Gasteiger partial charge in [0.1, 0.15) is 11.4 Å². The van der Waals surface area contributed by atoms with Gasteiger partial charge in [0.15, 0.2) is 0 Å². The lowest BCUT2D eigenvalue weighted by Gasteiger charge is -2.38. The lowest BCUT2D eigenvalue weighted by Crippen LogP contribution is -2.38. The molecule has 1 heterocycles. The van der Waals surface area contributed by atoms with E-state index < -0.39 is 5.60 Å². The Balaban J connectivity index is 2.43. The number of rotatable bonds is 4. The predicted octanol–water partition coefficient (Wildman–Crippen LogP) is 1.67. The molecule has 1 aromatic rings. The molecule has 3 N–H and O–H groups in total. The number of aromatic nitrogens is 2. The molecule has 1 aliphatic rings.